The van der Waals surface area contributed by atoms with Crippen LogP contribution in [0, 0.1) is 6.92 Å². The molecule has 6 heteroatoms. The summed E-state index contributed by atoms with van der Waals surface area (Å²) in [7, 11) is 1.59. The van der Waals surface area contributed by atoms with Gasteiger partial charge in [0.25, 0.3) is 0 Å². The molecule has 0 aliphatic carbocycles. The van der Waals surface area contributed by atoms with E-state index in [0.29, 0.717) is 0 Å². The molecule has 1 heterocycles. The average Bonchev–Trinajstić information content (AvgIpc) is 2.76. The highest BCUT2D eigenvalue weighted by molar-refractivity contribution is 14.1. The van der Waals surface area contributed by atoms with Crippen molar-refractivity contribution in [2.45, 2.75) is 54.5 Å². The van der Waals surface area contributed by atoms with Crippen molar-refractivity contribution < 1.29 is 24.8 Å². The number of hydrogen-bond donors (Lipinski definition) is 3. The maximum Gasteiger partial charge on any atom is 0.131 e. The lowest BCUT2D eigenvalue weighted by Gasteiger charge is -2.49. The number of halogens is 1. The summed E-state index contributed by atoms with van der Waals surface area (Å²) in [6.07, 6.45) is -1.27. The molecule has 5 nitrogen and oxygen atoms in total. The van der Waals surface area contributed by atoms with Gasteiger partial charge >= 0.3 is 0 Å². The van der Waals surface area contributed by atoms with Gasteiger partial charge in [-0.3, -0.25) is 0 Å². The molecule has 1 aliphatic rings. The molecule has 0 spiro atoms. The predicted octanol–water partition coefficient (Wildman–Crippen LogP) is 2.91. The summed E-state index contributed by atoms with van der Waals surface area (Å²) in [5, 5.41) is 30.7. The van der Waals surface area contributed by atoms with Crippen molar-refractivity contribution in [1.29, 1.82) is 0 Å². The van der Waals surface area contributed by atoms with Crippen LogP contribution in [0.25, 0.3) is 0 Å². The summed E-state index contributed by atoms with van der Waals surface area (Å²) in [5.74, 6) is 0. The van der Waals surface area contributed by atoms with Crippen molar-refractivity contribution >= 4 is 22.6 Å². The Hall–Kier alpha value is -1.03. The van der Waals surface area contributed by atoms with E-state index in [0.717, 1.165) is 18.4 Å². The molecule has 1 aliphatic heterocycles. The fraction of sp³-hybridized carbons (Fsp3) is 0.500. The summed E-state index contributed by atoms with van der Waals surface area (Å²) >= 11 is 2.12. The maximum atomic E-state index is 10.7. The van der Waals surface area contributed by atoms with Crippen LogP contribution in [0.1, 0.15) is 34.7 Å². The lowest BCUT2D eigenvalue weighted by molar-refractivity contribution is -0.234. The Labute approximate surface area is 192 Å². The number of aryl methyl sites for hydroxylation is 2. The van der Waals surface area contributed by atoms with Crippen LogP contribution in [0.15, 0.2) is 42.5 Å². The second-order valence-electron chi connectivity index (χ2n) is 8.03. The summed E-state index contributed by atoms with van der Waals surface area (Å²) in [6.45, 7) is 4.05. The molecular weight excluding hydrogens is 495 g/mol. The third-order valence-corrected chi connectivity index (χ3v) is 7.78. The van der Waals surface area contributed by atoms with Crippen LogP contribution in [0.2, 0.25) is 0 Å². The number of alkyl halides is 1. The van der Waals surface area contributed by atoms with Gasteiger partial charge in [0, 0.05) is 7.11 Å². The molecule has 0 bridgehead atoms. The van der Waals surface area contributed by atoms with Crippen molar-refractivity contribution in [3.63, 3.8) is 0 Å². The third-order valence-electron chi connectivity index (χ3n) is 6.04. The number of benzene rings is 2. The van der Waals surface area contributed by atoms with Crippen molar-refractivity contribution in [2.75, 3.05) is 20.3 Å². The Kier molecular flexibility index (Phi) is 7.92. The molecule has 0 aromatic heterocycles. The van der Waals surface area contributed by atoms with Gasteiger partial charge in [-0.1, -0.05) is 72.0 Å². The highest BCUT2D eigenvalue weighted by Crippen LogP contribution is 2.43. The lowest BCUT2D eigenvalue weighted by Crippen LogP contribution is -2.62. The molecule has 1 saturated heterocycles. The quantitative estimate of drug-likeness (QED) is 0.382. The van der Waals surface area contributed by atoms with Gasteiger partial charge in [0.15, 0.2) is 0 Å². The van der Waals surface area contributed by atoms with Crippen molar-refractivity contribution in [2.24, 2.45) is 0 Å². The number of rotatable bonds is 7. The molecule has 0 radical (unpaired) electrons. The van der Waals surface area contributed by atoms with Crippen molar-refractivity contribution in [3.8, 4) is 0 Å². The van der Waals surface area contributed by atoms with Crippen molar-refractivity contribution in [1.82, 2.24) is 0 Å². The monoisotopic (exact) mass is 526 g/mol. The van der Waals surface area contributed by atoms with Crippen molar-refractivity contribution in [3.05, 3.63) is 70.3 Å². The number of ether oxygens (including phenoxy) is 2. The fourth-order valence-corrected chi connectivity index (χ4v) is 5.21. The molecule has 30 heavy (non-hydrogen) atoms. The molecule has 164 valence electrons. The van der Waals surface area contributed by atoms with E-state index in [1.54, 1.807) is 7.11 Å². The summed E-state index contributed by atoms with van der Waals surface area (Å²) in [6, 6.07) is 14.8. The van der Waals surface area contributed by atoms with Crippen LogP contribution in [0.3, 0.4) is 0 Å². The van der Waals surface area contributed by atoms with E-state index in [4.69, 9.17) is 9.47 Å². The predicted molar refractivity (Wildman–Crippen MR) is 125 cm³/mol. The molecule has 0 saturated carbocycles. The second kappa shape index (κ2) is 10.1. The van der Waals surface area contributed by atoms with Crippen LogP contribution in [0.5, 0.6) is 0 Å². The largest absolute Gasteiger partial charge is 0.394 e. The molecule has 0 unspecified atom stereocenters. The molecule has 5 atom stereocenters. The first-order valence-corrected chi connectivity index (χ1v) is 11.6. The van der Waals surface area contributed by atoms with E-state index >= 15 is 0 Å². The van der Waals surface area contributed by atoms with Gasteiger partial charge in [0.2, 0.25) is 0 Å². The van der Waals surface area contributed by atoms with E-state index in [1.807, 2.05) is 6.07 Å². The van der Waals surface area contributed by atoms with Gasteiger partial charge in [-0.15, -0.1) is 0 Å². The minimum atomic E-state index is -1.15. The zero-order chi connectivity index (χ0) is 21.9. The first-order chi connectivity index (χ1) is 14.4. The van der Waals surface area contributed by atoms with E-state index < -0.39 is 27.8 Å². The smallest absolute Gasteiger partial charge is 0.131 e. The maximum absolute atomic E-state index is 10.7. The van der Waals surface area contributed by atoms with E-state index in [-0.39, 0.29) is 13.2 Å². The number of hydrogen-bond acceptors (Lipinski definition) is 5. The van der Waals surface area contributed by atoms with E-state index in [9.17, 15) is 15.3 Å². The van der Waals surface area contributed by atoms with Crippen LogP contribution in [-0.4, -0.2) is 57.9 Å². The number of aliphatic hydroxyl groups is 3. The Morgan fingerprint density at radius 2 is 1.73 bits per heavy atom. The van der Waals surface area contributed by atoms with Crippen LogP contribution >= 0.6 is 22.6 Å². The summed E-state index contributed by atoms with van der Waals surface area (Å²) in [5.41, 5.74) is 4.78. The topological polar surface area (TPSA) is 79.2 Å². The van der Waals surface area contributed by atoms with Crippen LogP contribution in [-0.2, 0) is 27.9 Å². The first kappa shape index (κ1) is 23.6. The minimum absolute atomic E-state index is 0.203. The van der Waals surface area contributed by atoms with Gasteiger partial charge in [0.05, 0.1) is 23.2 Å². The molecule has 1 fully saturated rings. The fourth-order valence-electron chi connectivity index (χ4n) is 4.10. The number of methoxy groups -OCH3 is 1. The molecule has 0 amide bonds. The van der Waals surface area contributed by atoms with Gasteiger partial charge in [-0.2, -0.15) is 0 Å². The SMILES string of the molecule is CCc1ccc(Cc2cc([C@]3(COC)O[C@@H](CO)[C@@H](O)[C@H](O)[C@H]3I)ccc2C)cc1. The van der Waals surface area contributed by atoms with Gasteiger partial charge in [-0.25, -0.2) is 0 Å². The standard InChI is InChI=1S/C24H31IO5/c1-4-16-6-8-17(9-7-16)11-18-12-19(10-5-15(18)2)24(14-29-3)23(25)22(28)21(27)20(13-26)30-24/h5-10,12,20-23,26-28H,4,11,13-14H2,1-3H3/t20-,21+,22-,23+,24-/m0/s1. The minimum Gasteiger partial charge on any atom is -0.394 e. The zero-order valence-corrected chi connectivity index (χ0v) is 19.9. The Balaban J connectivity index is 1.99. The summed E-state index contributed by atoms with van der Waals surface area (Å²) in [4.78, 5) is 0. The molecular formula is C24H31IO5. The van der Waals surface area contributed by atoms with Crippen LogP contribution in [0.4, 0.5) is 0 Å². The van der Waals surface area contributed by atoms with Crippen LogP contribution < -0.4 is 0 Å². The number of aliphatic hydroxyl groups excluding tert-OH is 3. The molecule has 3 N–H and O–H groups in total. The second-order valence-corrected chi connectivity index (χ2v) is 9.37. The first-order valence-electron chi connectivity index (χ1n) is 10.3. The third kappa shape index (κ3) is 4.59. The van der Waals surface area contributed by atoms with Gasteiger partial charge < -0.3 is 24.8 Å². The molecule has 2 aromatic rings. The summed E-state index contributed by atoms with van der Waals surface area (Å²) < 4.78 is 11.3. The zero-order valence-electron chi connectivity index (χ0n) is 17.7. The van der Waals surface area contributed by atoms with E-state index in [1.165, 1.54) is 22.3 Å². The Bertz CT molecular complexity index is 838. The highest BCUT2D eigenvalue weighted by atomic mass is 127. The highest BCUT2D eigenvalue weighted by Gasteiger charge is 2.53. The molecule has 3 rings (SSSR count). The molecule has 2 aromatic carbocycles. The van der Waals surface area contributed by atoms with Gasteiger partial charge in [-0.05, 0) is 47.6 Å². The van der Waals surface area contributed by atoms with Gasteiger partial charge in [0.1, 0.15) is 17.8 Å². The average molecular weight is 526 g/mol. The van der Waals surface area contributed by atoms with E-state index in [2.05, 4.69) is 72.8 Å². The Morgan fingerprint density at radius 3 is 2.33 bits per heavy atom. The lowest BCUT2D eigenvalue weighted by atomic mass is 9.81. The Morgan fingerprint density at radius 1 is 1.07 bits per heavy atom. The normalized spacial score (nSPS) is 29.2.